The van der Waals surface area contributed by atoms with Crippen molar-refractivity contribution >= 4 is 17.6 Å². The molecule has 0 radical (unpaired) electrons. The van der Waals surface area contributed by atoms with Crippen LogP contribution in [0, 0.1) is 6.92 Å². The van der Waals surface area contributed by atoms with E-state index >= 15 is 0 Å². The van der Waals surface area contributed by atoms with Crippen LogP contribution in [0.5, 0.6) is 0 Å². The summed E-state index contributed by atoms with van der Waals surface area (Å²) in [6.07, 6.45) is 0.511. The number of ether oxygens (including phenoxy) is 1. The highest BCUT2D eigenvalue weighted by Crippen LogP contribution is 2.13. The van der Waals surface area contributed by atoms with E-state index in [9.17, 15) is 9.59 Å². The summed E-state index contributed by atoms with van der Waals surface area (Å²) in [5, 5.41) is 2.72. The lowest BCUT2D eigenvalue weighted by atomic mass is 10.2. The summed E-state index contributed by atoms with van der Waals surface area (Å²) in [6.45, 7) is 7.39. The monoisotopic (exact) mass is 315 g/mol. The molecule has 1 heterocycles. The highest BCUT2D eigenvalue weighted by Gasteiger charge is 2.20. The van der Waals surface area contributed by atoms with Crippen molar-refractivity contribution in [1.82, 2.24) is 9.97 Å². The van der Waals surface area contributed by atoms with Crippen LogP contribution in [0.15, 0.2) is 30.5 Å². The summed E-state index contributed by atoms with van der Waals surface area (Å²) in [6, 6.07) is 7.41. The maximum atomic E-state index is 12.1. The SMILES string of the molecule is Cc1cccc(NC(=O)[C@H](C)OC(=O)c2cnc(C(C)C)[nH]2)c1. The van der Waals surface area contributed by atoms with E-state index in [-0.39, 0.29) is 17.5 Å². The minimum Gasteiger partial charge on any atom is -0.448 e. The number of amides is 1. The second-order valence-electron chi connectivity index (χ2n) is 5.74. The van der Waals surface area contributed by atoms with Crippen LogP contribution in [0.2, 0.25) is 0 Å². The van der Waals surface area contributed by atoms with Gasteiger partial charge in [0.15, 0.2) is 6.10 Å². The van der Waals surface area contributed by atoms with Gasteiger partial charge >= 0.3 is 5.97 Å². The number of benzene rings is 1. The maximum absolute atomic E-state index is 12.1. The number of carbonyl (C=O) groups excluding carboxylic acids is 2. The van der Waals surface area contributed by atoms with Gasteiger partial charge in [0.1, 0.15) is 11.5 Å². The largest absolute Gasteiger partial charge is 0.448 e. The van der Waals surface area contributed by atoms with E-state index in [1.807, 2.05) is 39.0 Å². The molecule has 1 amide bonds. The molecular weight excluding hydrogens is 294 g/mol. The third kappa shape index (κ3) is 4.42. The van der Waals surface area contributed by atoms with Crippen molar-refractivity contribution < 1.29 is 14.3 Å². The van der Waals surface area contributed by atoms with Crippen LogP contribution in [0.3, 0.4) is 0 Å². The maximum Gasteiger partial charge on any atom is 0.357 e. The zero-order chi connectivity index (χ0) is 17.0. The van der Waals surface area contributed by atoms with Gasteiger partial charge in [0.05, 0.1) is 6.20 Å². The summed E-state index contributed by atoms with van der Waals surface area (Å²) in [5.74, 6) is -0.101. The zero-order valence-corrected chi connectivity index (χ0v) is 13.7. The molecule has 2 aromatic rings. The molecule has 0 bridgehead atoms. The van der Waals surface area contributed by atoms with Gasteiger partial charge in [0, 0.05) is 11.6 Å². The van der Waals surface area contributed by atoms with Crippen LogP contribution >= 0.6 is 0 Å². The Bertz CT molecular complexity index is 707. The molecule has 0 aliphatic carbocycles. The van der Waals surface area contributed by atoms with Crippen LogP contribution < -0.4 is 5.32 Å². The number of hydrogen-bond donors (Lipinski definition) is 2. The Morgan fingerprint density at radius 3 is 2.61 bits per heavy atom. The molecule has 0 saturated carbocycles. The van der Waals surface area contributed by atoms with E-state index in [1.165, 1.54) is 13.1 Å². The van der Waals surface area contributed by atoms with Crippen LogP contribution in [-0.2, 0) is 9.53 Å². The van der Waals surface area contributed by atoms with Crippen LogP contribution in [0.25, 0.3) is 0 Å². The van der Waals surface area contributed by atoms with E-state index in [4.69, 9.17) is 4.74 Å². The van der Waals surface area contributed by atoms with E-state index in [2.05, 4.69) is 15.3 Å². The molecule has 122 valence electrons. The molecule has 1 aromatic heterocycles. The number of aromatic amines is 1. The van der Waals surface area contributed by atoms with Gasteiger partial charge in [-0.3, -0.25) is 4.79 Å². The first-order valence-electron chi connectivity index (χ1n) is 7.50. The van der Waals surface area contributed by atoms with Gasteiger partial charge in [0.2, 0.25) is 0 Å². The lowest BCUT2D eigenvalue weighted by molar-refractivity contribution is -0.123. The third-order valence-electron chi connectivity index (χ3n) is 3.30. The topological polar surface area (TPSA) is 84.1 Å². The molecule has 0 saturated heterocycles. The van der Waals surface area contributed by atoms with Crippen molar-refractivity contribution in [3.8, 4) is 0 Å². The van der Waals surface area contributed by atoms with E-state index < -0.39 is 12.1 Å². The number of aromatic nitrogens is 2. The lowest BCUT2D eigenvalue weighted by Gasteiger charge is -2.13. The second kappa shape index (κ2) is 7.09. The summed E-state index contributed by atoms with van der Waals surface area (Å²) < 4.78 is 5.17. The Balaban J connectivity index is 1.95. The quantitative estimate of drug-likeness (QED) is 0.831. The number of esters is 1. The van der Waals surface area contributed by atoms with Crippen LogP contribution in [-0.4, -0.2) is 27.9 Å². The number of nitrogens with zero attached hydrogens (tertiary/aromatic N) is 1. The molecule has 0 aliphatic rings. The molecule has 1 atom stereocenters. The van der Waals surface area contributed by atoms with E-state index in [0.717, 1.165) is 5.56 Å². The molecule has 2 rings (SSSR count). The number of H-pyrrole nitrogens is 1. The third-order valence-corrected chi connectivity index (χ3v) is 3.30. The molecule has 1 aromatic carbocycles. The smallest absolute Gasteiger partial charge is 0.357 e. The predicted octanol–water partition coefficient (Wildman–Crippen LogP) is 3.03. The average molecular weight is 315 g/mol. The normalized spacial score (nSPS) is 12.0. The lowest BCUT2D eigenvalue weighted by Crippen LogP contribution is -2.30. The van der Waals surface area contributed by atoms with Gasteiger partial charge in [-0.05, 0) is 31.5 Å². The van der Waals surface area contributed by atoms with Crippen molar-refractivity contribution in [2.24, 2.45) is 0 Å². The van der Waals surface area contributed by atoms with Gasteiger partial charge in [-0.2, -0.15) is 0 Å². The summed E-state index contributed by atoms with van der Waals surface area (Å²) in [7, 11) is 0. The summed E-state index contributed by atoms with van der Waals surface area (Å²) in [5.41, 5.74) is 1.94. The number of hydrogen-bond acceptors (Lipinski definition) is 4. The molecule has 0 unspecified atom stereocenters. The molecule has 6 heteroatoms. The van der Waals surface area contributed by atoms with Gasteiger partial charge in [-0.15, -0.1) is 0 Å². The Morgan fingerprint density at radius 1 is 1.26 bits per heavy atom. The molecule has 0 aliphatic heterocycles. The molecule has 0 fully saturated rings. The van der Waals surface area contributed by atoms with Crippen molar-refractivity contribution in [2.45, 2.75) is 39.7 Å². The second-order valence-corrected chi connectivity index (χ2v) is 5.74. The fourth-order valence-electron chi connectivity index (χ4n) is 1.98. The fourth-order valence-corrected chi connectivity index (χ4v) is 1.98. The predicted molar refractivity (Wildman–Crippen MR) is 87.4 cm³/mol. The van der Waals surface area contributed by atoms with Crippen molar-refractivity contribution in [3.63, 3.8) is 0 Å². The first kappa shape index (κ1) is 16.7. The fraction of sp³-hybridized carbons (Fsp3) is 0.353. The van der Waals surface area contributed by atoms with Crippen molar-refractivity contribution in [1.29, 1.82) is 0 Å². The first-order valence-corrected chi connectivity index (χ1v) is 7.50. The first-order chi connectivity index (χ1) is 10.9. The van der Waals surface area contributed by atoms with Crippen LogP contribution in [0.1, 0.15) is 48.6 Å². The zero-order valence-electron chi connectivity index (χ0n) is 13.7. The van der Waals surface area contributed by atoms with E-state index in [1.54, 1.807) is 6.07 Å². The van der Waals surface area contributed by atoms with Gasteiger partial charge < -0.3 is 15.0 Å². The number of aryl methyl sites for hydroxylation is 1. The molecule has 2 N–H and O–H groups in total. The van der Waals surface area contributed by atoms with Crippen molar-refractivity contribution in [3.05, 3.63) is 47.5 Å². The Morgan fingerprint density at radius 2 is 2.00 bits per heavy atom. The average Bonchev–Trinajstić information content (AvgIpc) is 2.97. The number of nitrogens with one attached hydrogen (secondary N) is 2. The summed E-state index contributed by atoms with van der Waals surface area (Å²) >= 11 is 0. The highest BCUT2D eigenvalue weighted by atomic mass is 16.5. The number of rotatable bonds is 5. The Hall–Kier alpha value is -2.63. The minimum atomic E-state index is -0.909. The van der Waals surface area contributed by atoms with Gasteiger partial charge in [-0.25, -0.2) is 9.78 Å². The molecule has 6 nitrogen and oxygen atoms in total. The van der Waals surface area contributed by atoms with Crippen LogP contribution in [0.4, 0.5) is 5.69 Å². The number of anilines is 1. The number of imidazole rings is 1. The van der Waals surface area contributed by atoms with E-state index in [0.29, 0.717) is 11.5 Å². The number of carbonyl (C=O) groups is 2. The van der Waals surface area contributed by atoms with Gasteiger partial charge in [-0.1, -0.05) is 26.0 Å². The molecule has 0 spiro atoms. The highest BCUT2D eigenvalue weighted by molar-refractivity contribution is 5.96. The van der Waals surface area contributed by atoms with Gasteiger partial charge in [0.25, 0.3) is 5.91 Å². The Kier molecular flexibility index (Phi) is 5.16. The van der Waals surface area contributed by atoms with Crippen molar-refractivity contribution in [2.75, 3.05) is 5.32 Å². The molecular formula is C17H21N3O3. The minimum absolute atomic E-state index is 0.179. The molecule has 23 heavy (non-hydrogen) atoms. The standard InChI is InChI=1S/C17H21N3O3/c1-10(2)15-18-9-14(20-15)17(22)23-12(4)16(21)19-13-7-5-6-11(3)8-13/h5-10,12H,1-4H3,(H,18,20)(H,19,21)/t12-/m0/s1. The Labute approximate surface area is 135 Å². The summed E-state index contributed by atoms with van der Waals surface area (Å²) in [4.78, 5) is 31.1.